The number of esters is 1. The van der Waals surface area contributed by atoms with Crippen molar-refractivity contribution in [2.24, 2.45) is 0 Å². The van der Waals surface area contributed by atoms with Gasteiger partial charge in [0.15, 0.2) is 0 Å². The van der Waals surface area contributed by atoms with Gasteiger partial charge in [-0.1, -0.05) is 29.8 Å². The van der Waals surface area contributed by atoms with E-state index in [9.17, 15) is 4.79 Å². The Morgan fingerprint density at radius 2 is 1.71 bits per heavy atom. The van der Waals surface area contributed by atoms with Crippen LogP contribution in [0.1, 0.15) is 41.4 Å². The molecule has 0 aliphatic rings. The van der Waals surface area contributed by atoms with Gasteiger partial charge in [0.1, 0.15) is 0 Å². The molecular weight excluding hydrogens is 262 g/mol. The lowest BCUT2D eigenvalue weighted by molar-refractivity contribution is 0.0526. The topological polar surface area (TPSA) is 38.3 Å². The second kappa shape index (κ2) is 6.93. The fourth-order valence-corrected chi connectivity index (χ4v) is 2.11. The lowest BCUT2D eigenvalue weighted by Crippen LogP contribution is -2.08. The molecule has 110 valence electrons. The van der Waals surface area contributed by atoms with Crippen LogP contribution in [0.15, 0.2) is 48.5 Å². The second-order valence-corrected chi connectivity index (χ2v) is 5.07. The van der Waals surface area contributed by atoms with E-state index in [-0.39, 0.29) is 12.0 Å². The molecule has 0 heterocycles. The summed E-state index contributed by atoms with van der Waals surface area (Å²) in [4.78, 5) is 11.6. The standard InChI is InChI=1S/C18H21NO2/c1-4-21-18(20)16-9-11-17(12-10-16)19-14(3)15-7-5-13(2)6-8-15/h5-12,14,19H,4H2,1-3H3. The molecule has 0 bridgehead atoms. The first kappa shape index (κ1) is 15.1. The van der Waals surface area contributed by atoms with E-state index >= 15 is 0 Å². The molecule has 0 spiro atoms. The Balaban J connectivity index is 2.02. The number of aryl methyl sites for hydroxylation is 1. The summed E-state index contributed by atoms with van der Waals surface area (Å²) in [6.07, 6.45) is 0. The van der Waals surface area contributed by atoms with E-state index in [2.05, 4.69) is 43.4 Å². The van der Waals surface area contributed by atoms with Gasteiger partial charge in [-0.25, -0.2) is 4.79 Å². The van der Waals surface area contributed by atoms with E-state index in [4.69, 9.17) is 4.74 Å². The number of anilines is 1. The maximum absolute atomic E-state index is 11.6. The zero-order valence-electron chi connectivity index (χ0n) is 12.7. The minimum Gasteiger partial charge on any atom is -0.462 e. The van der Waals surface area contributed by atoms with Crippen LogP contribution >= 0.6 is 0 Å². The van der Waals surface area contributed by atoms with Crippen LogP contribution in [0, 0.1) is 6.92 Å². The van der Waals surface area contributed by atoms with Crippen LogP contribution in [0.2, 0.25) is 0 Å². The predicted molar refractivity (Wildman–Crippen MR) is 85.6 cm³/mol. The van der Waals surface area contributed by atoms with Crippen LogP contribution in [0.5, 0.6) is 0 Å². The van der Waals surface area contributed by atoms with Crippen molar-refractivity contribution in [2.75, 3.05) is 11.9 Å². The van der Waals surface area contributed by atoms with Gasteiger partial charge in [0.25, 0.3) is 0 Å². The predicted octanol–water partition coefficient (Wildman–Crippen LogP) is 4.34. The van der Waals surface area contributed by atoms with E-state index in [0.717, 1.165) is 5.69 Å². The highest BCUT2D eigenvalue weighted by Gasteiger charge is 2.08. The minimum absolute atomic E-state index is 0.207. The molecule has 0 saturated carbocycles. The average molecular weight is 283 g/mol. The van der Waals surface area contributed by atoms with E-state index < -0.39 is 0 Å². The van der Waals surface area contributed by atoms with Gasteiger partial charge in [-0.2, -0.15) is 0 Å². The van der Waals surface area contributed by atoms with Gasteiger partial charge in [0, 0.05) is 11.7 Å². The summed E-state index contributed by atoms with van der Waals surface area (Å²) in [7, 11) is 0. The van der Waals surface area contributed by atoms with E-state index in [1.165, 1.54) is 11.1 Å². The number of hydrogen-bond donors (Lipinski definition) is 1. The normalized spacial score (nSPS) is 11.8. The smallest absolute Gasteiger partial charge is 0.338 e. The maximum Gasteiger partial charge on any atom is 0.338 e. The Labute approximate surface area is 126 Å². The Kier molecular flexibility index (Phi) is 4.99. The summed E-state index contributed by atoms with van der Waals surface area (Å²) in [5, 5.41) is 3.42. The third-order valence-electron chi connectivity index (χ3n) is 3.36. The molecule has 2 aromatic carbocycles. The highest BCUT2D eigenvalue weighted by atomic mass is 16.5. The van der Waals surface area contributed by atoms with Gasteiger partial charge in [0.2, 0.25) is 0 Å². The first-order valence-electron chi connectivity index (χ1n) is 7.20. The van der Waals surface area contributed by atoms with E-state index in [0.29, 0.717) is 12.2 Å². The van der Waals surface area contributed by atoms with Crippen LogP contribution < -0.4 is 5.32 Å². The third kappa shape index (κ3) is 4.09. The van der Waals surface area contributed by atoms with Crippen molar-refractivity contribution in [2.45, 2.75) is 26.8 Å². The molecule has 0 amide bonds. The van der Waals surface area contributed by atoms with Crippen LogP contribution in [-0.2, 0) is 4.74 Å². The quantitative estimate of drug-likeness (QED) is 0.829. The Morgan fingerprint density at radius 1 is 1.10 bits per heavy atom. The molecule has 1 N–H and O–H groups in total. The number of ether oxygens (including phenoxy) is 1. The minimum atomic E-state index is -0.282. The zero-order chi connectivity index (χ0) is 15.2. The van der Waals surface area contributed by atoms with Crippen molar-refractivity contribution in [3.05, 3.63) is 65.2 Å². The average Bonchev–Trinajstić information content (AvgIpc) is 2.49. The number of carbonyl (C=O) groups excluding carboxylic acids is 1. The van der Waals surface area contributed by atoms with Gasteiger partial charge in [-0.3, -0.25) is 0 Å². The summed E-state index contributed by atoms with van der Waals surface area (Å²) in [5.74, 6) is -0.282. The van der Waals surface area contributed by atoms with Crippen LogP contribution in [-0.4, -0.2) is 12.6 Å². The molecule has 3 nitrogen and oxygen atoms in total. The molecule has 2 rings (SSSR count). The molecule has 3 heteroatoms. The summed E-state index contributed by atoms with van der Waals surface area (Å²) in [6.45, 7) is 6.39. The van der Waals surface area contributed by atoms with Crippen molar-refractivity contribution >= 4 is 11.7 Å². The summed E-state index contributed by atoms with van der Waals surface area (Å²) >= 11 is 0. The van der Waals surface area contributed by atoms with E-state index in [1.807, 2.05) is 12.1 Å². The van der Waals surface area contributed by atoms with Crippen molar-refractivity contribution in [3.8, 4) is 0 Å². The van der Waals surface area contributed by atoms with Gasteiger partial charge in [-0.15, -0.1) is 0 Å². The SMILES string of the molecule is CCOC(=O)c1ccc(NC(C)c2ccc(C)cc2)cc1. The van der Waals surface area contributed by atoms with Crippen molar-refractivity contribution in [1.29, 1.82) is 0 Å². The molecule has 1 atom stereocenters. The zero-order valence-corrected chi connectivity index (χ0v) is 12.7. The maximum atomic E-state index is 11.6. The fourth-order valence-electron chi connectivity index (χ4n) is 2.11. The summed E-state index contributed by atoms with van der Waals surface area (Å²) in [5.41, 5.74) is 4.04. The molecule has 0 aromatic heterocycles. The van der Waals surface area contributed by atoms with Gasteiger partial charge >= 0.3 is 5.97 Å². The molecular formula is C18H21NO2. The number of benzene rings is 2. The number of hydrogen-bond acceptors (Lipinski definition) is 3. The molecule has 2 aromatic rings. The van der Waals surface area contributed by atoms with Crippen molar-refractivity contribution in [1.82, 2.24) is 0 Å². The first-order valence-corrected chi connectivity index (χ1v) is 7.20. The van der Waals surface area contributed by atoms with Crippen molar-refractivity contribution < 1.29 is 9.53 Å². The largest absolute Gasteiger partial charge is 0.462 e. The monoisotopic (exact) mass is 283 g/mol. The Hall–Kier alpha value is -2.29. The molecule has 0 aliphatic carbocycles. The van der Waals surface area contributed by atoms with Crippen LogP contribution in [0.3, 0.4) is 0 Å². The highest BCUT2D eigenvalue weighted by Crippen LogP contribution is 2.20. The molecule has 21 heavy (non-hydrogen) atoms. The second-order valence-electron chi connectivity index (χ2n) is 5.07. The molecule has 1 unspecified atom stereocenters. The molecule has 0 aliphatic heterocycles. The van der Waals surface area contributed by atoms with Gasteiger partial charge in [0.05, 0.1) is 12.2 Å². The lowest BCUT2D eigenvalue weighted by Gasteiger charge is -2.16. The summed E-state index contributed by atoms with van der Waals surface area (Å²) < 4.78 is 4.97. The third-order valence-corrected chi connectivity index (χ3v) is 3.36. The Bertz CT molecular complexity index is 588. The Morgan fingerprint density at radius 3 is 2.29 bits per heavy atom. The molecule has 0 radical (unpaired) electrons. The van der Waals surface area contributed by atoms with Gasteiger partial charge < -0.3 is 10.1 Å². The van der Waals surface area contributed by atoms with E-state index in [1.54, 1.807) is 19.1 Å². The van der Waals surface area contributed by atoms with Crippen molar-refractivity contribution in [3.63, 3.8) is 0 Å². The fraction of sp³-hybridized carbons (Fsp3) is 0.278. The van der Waals surface area contributed by atoms with Gasteiger partial charge in [-0.05, 0) is 50.6 Å². The number of rotatable bonds is 5. The number of nitrogens with one attached hydrogen (secondary N) is 1. The van der Waals surface area contributed by atoms with Crippen LogP contribution in [0.25, 0.3) is 0 Å². The highest BCUT2D eigenvalue weighted by molar-refractivity contribution is 5.89. The molecule has 0 fully saturated rings. The molecule has 0 saturated heterocycles. The first-order chi connectivity index (χ1) is 10.1. The van der Waals surface area contributed by atoms with Crippen LogP contribution in [0.4, 0.5) is 5.69 Å². The summed E-state index contributed by atoms with van der Waals surface area (Å²) in [6, 6.07) is 16.0. The number of carbonyl (C=O) groups is 1. The lowest BCUT2D eigenvalue weighted by atomic mass is 10.1.